The van der Waals surface area contributed by atoms with Crippen LogP contribution in [-0.4, -0.2) is 29.3 Å². The van der Waals surface area contributed by atoms with Crippen LogP contribution in [0.3, 0.4) is 0 Å². The lowest BCUT2D eigenvalue weighted by Crippen LogP contribution is -2.20. The second-order valence-corrected chi connectivity index (χ2v) is 4.50. The number of nitrogens with zero attached hydrogens (tertiary/aromatic N) is 2. The third-order valence-corrected chi connectivity index (χ3v) is 2.77. The summed E-state index contributed by atoms with van der Waals surface area (Å²) >= 11 is 0. The fraction of sp³-hybridized carbons (Fsp3) is 0.571. The van der Waals surface area contributed by atoms with Gasteiger partial charge in [-0.2, -0.15) is 0 Å². The van der Waals surface area contributed by atoms with Gasteiger partial charge in [0.1, 0.15) is 5.78 Å². The summed E-state index contributed by atoms with van der Waals surface area (Å²) in [6.07, 6.45) is 2.29. The second-order valence-electron chi connectivity index (χ2n) is 4.50. The number of hydrogen-bond acceptors (Lipinski definition) is 3. The molecule has 0 saturated heterocycles. The molecule has 3 heteroatoms. The highest BCUT2D eigenvalue weighted by Crippen LogP contribution is 2.03. The maximum Gasteiger partial charge on any atom is 0.132 e. The van der Waals surface area contributed by atoms with Crippen LogP contribution in [0.4, 0.5) is 0 Å². The van der Waals surface area contributed by atoms with Crippen LogP contribution in [0.15, 0.2) is 18.2 Å². The van der Waals surface area contributed by atoms with Crippen LogP contribution in [0.25, 0.3) is 0 Å². The van der Waals surface area contributed by atoms with Crippen molar-refractivity contribution >= 4 is 5.78 Å². The van der Waals surface area contributed by atoms with E-state index in [4.69, 9.17) is 0 Å². The molecule has 0 aliphatic carbocycles. The Morgan fingerprint density at radius 2 is 2.18 bits per heavy atom. The first-order valence-electron chi connectivity index (χ1n) is 6.24. The summed E-state index contributed by atoms with van der Waals surface area (Å²) in [7, 11) is 2.07. The minimum Gasteiger partial charge on any atom is -0.301 e. The maximum absolute atomic E-state index is 11.2. The lowest BCUT2D eigenvalue weighted by molar-refractivity contribution is -0.118. The van der Waals surface area contributed by atoms with E-state index in [0.717, 1.165) is 30.9 Å². The first-order chi connectivity index (χ1) is 8.11. The van der Waals surface area contributed by atoms with E-state index in [1.54, 1.807) is 0 Å². The van der Waals surface area contributed by atoms with E-state index in [1.165, 1.54) is 0 Å². The Morgan fingerprint density at radius 1 is 1.41 bits per heavy atom. The second kappa shape index (κ2) is 7.17. The number of aromatic nitrogens is 1. The minimum atomic E-state index is 0.354. The van der Waals surface area contributed by atoms with Crippen LogP contribution in [0.2, 0.25) is 0 Å². The Labute approximate surface area is 104 Å². The van der Waals surface area contributed by atoms with Gasteiger partial charge in [0, 0.05) is 25.1 Å². The Hall–Kier alpha value is -1.22. The van der Waals surface area contributed by atoms with Gasteiger partial charge in [-0.15, -0.1) is 0 Å². The third-order valence-electron chi connectivity index (χ3n) is 2.77. The SMILES string of the molecule is CCC(=O)CCCN(C)Cc1cccc(C)n1. The molecule has 0 aliphatic rings. The quantitative estimate of drug-likeness (QED) is 0.727. The molecular formula is C14H22N2O. The minimum absolute atomic E-state index is 0.354. The van der Waals surface area contributed by atoms with Crippen molar-refractivity contribution in [1.82, 2.24) is 9.88 Å². The van der Waals surface area contributed by atoms with E-state index in [9.17, 15) is 4.79 Å². The molecule has 1 heterocycles. The van der Waals surface area contributed by atoms with E-state index in [-0.39, 0.29) is 0 Å². The zero-order valence-corrected chi connectivity index (χ0v) is 11.1. The molecule has 1 aromatic rings. The molecule has 0 unspecified atom stereocenters. The molecule has 0 aromatic carbocycles. The molecule has 0 saturated carbocycles. The van der Waals surface area contributed by atoms with Crippen LogP contribution < -0.4 is 0 Å². The lowest BCUT2D eigenvalue weighted by Gasteiger charge is -2.15. The highest BCUT2D eigenvalue weighted by atomic mass is 16.1. The van der Waals surface area contributed by atoms with Crippen molar-refractivity contribution in [3.63, 3.8) is 0 Å². The first kappa shape index (κ1) is 13.8. The Kier molecular flexibility index (Phi) is 5.84. The molecule has 0 radical (unpaired) electrons. The number of pyridine rings is 1. The van der Waals surface area contributed by atoms with Crippen molar-refractivity contribution in [2.75, 3.05) is 13.6 Å². The summed E-state index contributed by atoms with van der Waals surface area (Å²) in [6, 6.07) is 6.08. The topological polar surface area (TPSA) is 33.2 Å². The number of aryl methyl sites for hydroxylation is 1. The van der Waals surface area contributed by atoms with Gasteiger partial charge in [0.2, 0.25) is 0 Å². The summed E-state index contributed by atoms with van der Waals surface area (Å²) in [4.78, 5) is 17.8. The van der Waals surface area contributed by atoms with Crippen LogP contribution in [0.1, 0.15) is 37.6 Å². The molecule has 17 heavy (non-hydrogen) atoms. The fourth-order valence-electron chi connectivity index (χ4n) is 1.77. The maximum atomic E-state index is 11.2. The molecule has 0 spiro atoms. The molecule has 3 nitrogen and oxygen atoms in total. The van der Waals surface area contributed by atoms with Crippen LogP contribution in [0.5, 0.6) is 0 Å². The Balaban J connectivity index is 2.29. The summed E-state index contributed by atoms with van der Waals surface area (Å²) in [5.74, 6) is 0.354. The monoisotopic (exact) mass is 234 g/mol. The van der Waals surface area contributed by atoms with E-state index < -0.39 is 0 Å². The fourth-order valence-corrected chi connectivity index (χ4v) is 1.77. The normalized spacial score (nSPS) is 10.8. The van der Waals surface area contributed by atoms with Gasteiger partial charge in [-0.05, 0) is 39.1 Å². The average Bonchev–Trinajstić information content (AvgIpc) is 2.28. The number of hydrogen-bond donors (Lipinski definition) is 0. The van der Waals surface area contributed by atoms with Crippen molar-refractivity contribution in [3.05, 3.63) is 29.6 Å². The van der Waals surface area contributed by atoms with Gasteiger partial charge in [0.25, 0.3) is 0 Å². The summed E-state index contributed by atoms with van der Waals surface area (Å²) in [6.45, 7) is 5.72. The predicted octanol–water partition coefficient (Wildman–Crippen LogP) is 2.58. The van der Waals surface area contributed by atoms with Gasteiger partial charge in [-0.3, -0.25) is 9.78 Å². The number of carbonyl (C=O) groups excluding carboxylic acids is 1. The molecule has 0 atom stereocenters. The third kappa shape index (κ3) is 5.59. The zero-order chi connectivity index (χ0) is 12.7. The van der Waals surface area contributed by atoms with Crippen LogP contribution in [0, 0.1) is 6.92 Å². The number of carbonyl (C=O) groups is 1. The van der Waals surface area contributed by atoms with Crippen LogP contribution in [-0.2, 0) is 11.3 Å². The van der Waals surface area contributed by atoms with E-state index >= 15 is 0 Å². The summed E-state index contributed by atoms with van der Waals surface area (Å²) in [5.41, 5.74) is 2.14. The molecule has 0 amide bonds. The molecular weight excluding hydrogens is 212 g/mol. The van der Waals surface area contributed by atoms with Gasteiger partial charge in [0.05, 0.1) is 5.69 Å². The molecule has 0 N–H and O–H groups in total. The van der Waals surface area contributed by atoms with Crippen molar-refractivity contribution in [1.29, 1.82) is 0 Å². The summed E-state index contributed by atoms with van der Waals surface area (Å²) < 4.78 is 0. The predicted molar refractivity (Wildman–Crippen MR) is 69.8 cm³/mol. The number of ketones is 1. The Bertz CT molecular complexity index is 363. The van der Waals surface area contributed by atoms with Crippen molar-refractivity contribution in [3.8, 4) is 0 Å². The van der Waals surface area contributed by atoms with Crippen molar-refractivity contribution in [2.45, 2.75) is 39.7 Å². The highest BCUT2D eigenvalue weighted by molar-refractivity contribution is 5.77. The largest absolute Gasteiger partial charge is 0.301 e. The van der Waals surface area contributed by atoms with Crippen molar-refractivity contribution in [2.24, 2.45) is 0 Å². The van der Waals surface area contributed by atoms with Gasteiger partial charge >= 0.3 is 0 Å². The number of Topliss-reactive ketones (excluding diaryl/α,β-unsaturated/α-hetero) is 1. The average molecular weight is 234 g/mol. The first-order valence-corrected chi connectivity index (χ1v) is 6.24. The Morgan fingerprint density at radius 3 is 2.82 bits per heavy atom. The molecule has 0 aliphatic heterocycles. The van der Waals surface area contributed by atoms with E-state index in [0.29, 0.717) is 18.6 Å². The molecule has 0 fully saturated rings. The van der Waals surface area contributed by atoms with E-state index in [2.05, 4.69) is 16.9 Å². The number of rotatable bonds is 7. The van der Waals surface area contributed by atoms with Crippen molar-refractivity contribution < 1.29 is 4.79 Å². The van der Waals surface area contributed by atoms with Gasteiger partial charge in [0.15, 0.2) is 0 Å². The zero-order valence-electron chi connectivity index (χ0n) is 11.1. The van der Waals surface area contributed by atoms with Gasteiger partial charge < -0.3 is 4.90 Å². The summed E-state index contributed by atoms with van der Waals surface area (Å²) in [5, 5.41) is 0. The molecule has 1 aromatic heterocycles. The lowest BCUT2D eigenvalue weighted by atomic mass is 10.2. The smallest absolute Gasteiger partial charge is 0.132 e. The van der Waals surface area contributed by atoms with Gasteiger partial charge in [-0.25, -0.2) is 0 Å². The standard InChI is InChI=1S/C14H22N2O/c1-4-14(17)9-6-10-16(3)11-13-8-5-7-12(2)15-13/h5,7-8H,4,6,9-11H2,1-3H3. The highest BCUT2D eigenvalue weighted by Gasteiger charge is 2.03. The molecule has 94 valence electrons. The van der Waals surface area contributed by atoms with Gasteiger partial charge in [-0.1, -0.05) is 13.0 Å². The molecule has 0 bridgehead atoms. The molecule has 1 rings (SSSR count). The van der Waals surface area contributed by atoms with Crippen LogP contribution >= 0.6 is 0 Å². The van der Waals surface area contributed by atoms with E-state index in [1.807, 2.05) is 32.0 Å².